The first-order valence-corrected chi connectivity index (χ1v) is 9.70. The molecule has 6 heteroatoms. The van der Waals surface area contributed by atoms with E-state index in [4.69, 9.17) is 4.52 Å². The van der Waals surface area contributed by atoms with Gasteiger partial charge < -0.3 is 4.52 Å². The summed E-state index contributed by atoms with van der Waals surface area (Å²) in [6.45, 7) is 2.63. The van der Waals surface area contributed by atoms with Gasteiger partial charge in [0.1, 0.15) is 11.5 Å². The fourth-order valence-electron chi connectivity index (χ4n) is 3.09. The summed E-state index contributed by atoms with van der Waals surface area (Å²) in [5.74, 6) is 0.860. The number of nitrogens with zero attached hydrogens (tertiary/aromatic N) is 2. The van der Waals surface area contributed by atoms with Crippen molar-refractivity contribution in [3.05, 3.63) is 53.4 Å². The van der Waals surface area contributed by atoms with Crippen molar-refractivity contribution in [2.24, 2.45) is 0 Å². The third-order valence-corrected chi connectivity index (χ3v) is 6.02. The molecule has 0 N–H and O–H groups in total. The van der Waals surface area contributed by atoms with Gasteiger partial charge in [-0.15, -0.1) is 0 Å². The molecule has 0 radical (unpaired) electrons. The number of hydrogen-bond acceptors (Lipinski definition) is 4. The van der Waals surface area contributed by atoms with Gasteiger partial charge in [0.25, 0.3) is 0 Å². The molecule has 0 bridgehead atoms. The zero-order valence-corrected chi connectivity index (χ0v) is 14.1. The van der Waals surface area contributed by atoms with E-state index in [0.29, 0.717) is 6.54 Å². The minimum atomic E-state index is -3.36. The predicted molar refractivity (Wildman–Crippen MR) is 88.2 cm³/mol. The molecule has 1 unspecified atom stereocenters. The SMILES string of the molecule is CCCc1cc(C2CCCN2S(=O)(=O)Cc2ccccc2)no1. The van der Waals surface area contributed by atoms with Gasteiger partial charge in [-0.25, -0.2) is 8.42 Å². The molecular formula is C17H22N2O3S. The number of rotatable bonds is 6. The van der Waals surface area contributed by atoms with Crippen molar-refractivity contribution in [1.29, 1.82) is 0 Å². The highest BCUT2D eigenvalue weighted by Crippen LogP contribution is 2.35. The predicted octanol–water partition coefficient (Wildman–Crippen LogP) is 3.29. The molecule has 23 heavy (non-hydrogen) atoms. The summed E-state index contributed by atoms with van der Waals surface area (Å²) >= 11 is 0. The minimum absolute atomic E-state index is 0.0318. The van der Waals surface area contributed by atoms with E-state index in [1.807, 2.05) is 36.4 Å². The quantitative estimate of drug-likeness (QED) is 0.813. The maximum atomic E-state index is 12.8. The maximum Gasteiger partial charge on any atom is 0.218 e. The third kappa shape index (κ3) is 3.64. The van der Waals surface area contributed by atoms with E-state index in [1.165, 1.54) is 0 Å². The van der Waals surface area contributed by atoms with E-state index in [2.05, 4.69) is 12.1 Å². The van der Waals surface area contributed by atoms with Crippen molar-refractivity contribution in [3.8, 4) is 0 Å². The molecule has 0 spiro atoms. The van der Waals surface area contributed by atoms with Crippen LogP contribution in [0.1, 0.15) is 49.2 Å². The molecule has 124 valence electrons. The van der Waals surface area contributed by atoms with Crippen LogP contribution in [0.15, 0.2) is 40.9 Å². The Morgan fingerprint density at radius 3 is 2.83 bits per heavy atom. The first-order chi connectivity index (χ1) is 11.1. The van der Waals surface area contributed by atoms with Crippen LogP contribution in [0.4, 0.5) is 0 Å². The molecule has 0 aliphatic carbocycles. The zero-order chi connectivity index (χ0) is 16.3. The molecule has 1 atom stereocenters. The Hall–Kier alpha value is -1.66. The molecule has 1 fully saturated rings. The van der Waals surface area contributed by atoms with Gasteiger partial charge >= 0.3 is 0 Å². The number of hydrogen-bond donors (Lipinski definition) is 0. The van der Waals surface area contributed by atoms with E-state index < -0.39 is 10.0 Å². The fourth-order valence-corrected chi connectivity index (χ4v) is 4.87. The Bertz CT molecular complexity index is 740. The molecule has 5 nitrogen and oxygen atoms in total. The van der Waals surface area contributed by atoms with Crippen LogP contribution in [0.5, 0.6) is 0 Å². The van der Waals surface area contributed by atoms with Crippen LogP contribution in [0.3, 0.4) is 0 Å². The Morgan fingerprint density at radius 1 is 1.30 bits per heavy atom. The normalized spacial score (nSPS) is 19.3. The van der Waals surface area contributed by atoms with Crippen molar-refractivity contribution in [1.82, 2.24) is 9.46 Å². The van der Waals surface area contributed by atoms with Gasteiger partial charge in [-0.3, -0.25) is 0 Å². The van der Waals surface area contributed by atoms with Gasteiger partial charge in [-0.05, 0) is 24.8 Å². The Morgan fingerprint density at radius 2 is 2.09 bits per heavy atom. The van der Waals surface area contributed by atoms with Gasteiger partial charge in [0.15, 0.2) is 0 Å². The Balaban J connectivity index is 1.79. The number of sulfonamides is 1. The zero-order valence-electron chi connectivity index (χ0n) is 13.3. The summed E-state index contributed by atoms with van der Waals surface area (Å²) in [7, 11) is -3.36. The van der Waals surface area contributed by atoms with Crippen molar-refractivity contribution in [2.75, 3.05) is 6.54 Å². The van der Waals surface area contributed by atoms with E-state index in [9.17, 15) is 8.42 Å². The molecule has 0 amide bonds. The monoisotopic (exact) mass is 334 g/mol. The van der Waals surface area contributed by atoms with E-state index in [1.54, 1.807) is 4.31 Å². The van der Waals surface area contributed by atoms with Crippen LogP contribution in [-0.2, 0) is 22.2 Å². The Kier molecular flexibility index (Phi) is 4.82. The summed E-state index contributed by atoms with van der Waals surface area (Å²) in [6, 6.07) is 11.0. The highest BCUT2D eigenvalue weighted by atomic mass is 32.2. The lowest BCUT2D eigenvalue weighted by Gasteiger charge is -2.22. The van der Waals surface area contributed by atoms with E-state index >= 15 is 0 Å². The summed E-state index contributed by atoms with van der Waals surface area (Å²) in [6.07, 6.45) is 3.46. The third-order valence-electron chi connectivity index (χ3n) is 4.17. The summed E-state index contributed by atoms with van der Waals surface area (Å²) in [5.41, 5.74) is 1.55. The fraction of sp³-hybridized carbons (Fsp3) is 0.471. The first-order valence-electron chi connectivity index (χ1n) is 8.09. The standard InChI is InChI=1S/C17H22N2O3S/c1-2-7-15-12-16(18-22-15)17-10-6-11-19(17)23(20,21)13-14-8-4-3-5-9-14/h3-5,8-9,12,17H,2,6-7,10-11,13H2,1H3. The van der Waals surface area contributed by atoms with Crippen molar-refractivity contribution in [2.45, 2.75) is 44.4 Å². The molecule has 0 saturated carbocycles. The van der Waals surface area contributed by atoms with Crippen LogP contribution >= 0.6 is 0 Å². The van der Waals surface area contributed by atoms with Crippen LogP contribution < -0.4 is 0 Å². The topological polar surface area (TPSA) is 63.4 Å². The highest BCUT2D eigenvalue weighted by Gasteiger charge is 2.36. The molecule has 1 saturated heterocycles. The van der Waals surface area contributed by atoms with Crippen LogP contribution in [0, 0.1) is 0 Å². The van der Waals surface area contributed by atoms with Crippen LogP contribution in [0.2, 0.25) is 0 Å². The molecular weight excluding hydrogens is 312 g/mol. The lowest BCUT2D eigenvalue weighted by atomic mass is 10.1. The van der Waals surface area contributed by atoms with Crippen molar-refractivity contribution in [3.63, 3.8) is 0 Å². The maximum absolute atomic E-state index is 12.8. The molecule has 1 aliphatic rings. The minimum Gasteiger partial charge on any atom is -0.361 e. The molecule has 1 aromatic heterocycles. The van der Waals surface area contributed by atoms with E-state index in [0.717, 1.165) is 42.7 Å². The molecule has 1 aliphatic heterocycles. The summed E-state index contributed by atoms with van der Waals surface area (Å²) < 4.78 is 32.5. The van der Waals surface area contributed by atoms with Crippen LogP contribution in [-0.4, -0.2) is 24.4 Å². The van der Waals surface area contributed by atoms with Gasteiger partial charge in [-0.1, -0.05) is 42.4 Å². The molecule has 2 aromatic rings. The first kappa shape index (κ1) is 16.2. The average molecular weight is 334 g/mol. The lowest BCUT2D eigenvalue weighted by molar-refractivity contribution is 0.343. The molecule has 1 aromatic carbocycles. The second-order valence-electron chi connectivity index (χ2n) is 5.98. The number of aryl methyl sites for hydroxylation is 1. The number of benzene rings is 1. The summed E-state index contributed by atoms with van der Waals surface area (Å²) in [4.78, 5) is 0. The van der Waals surface area contributed by atoms with Gasteiger partial charge in [-0.2, -0.15) is 4.31 Å². The number of aromatic nitrogens is 1. The highest BCUT2D eigenvalue weighted by molar-refractivity contribution is 7.88. The molecule has 2 heterocycles. The van der Waals surface area contributed by atoms with Crippen LogP contribution in [0.25, 0.3) is 0 Å². The lowest BCUT2D eigenvalue weighted by Crippen LogP contribution is -2.31. The summed E-state index contributed by atoms with van der Waals surface area (Å²) in [5, 5.41) is 4.11. The van der Waals surface area contributed by atoms with E-state index in [-0.39, 0.29) is 11.8 Å². The van der Waals surface area contributed by atoms with Gasteiger partial charge in [0, 0.05) is 19.0 Å². The average Bonchev–Trinajstić information content (AvgIpc) is 3.16. The smallest absolute Gasteiger partial charge is 0.218 e. The molecule has 3 rings (SSSR count). The second kappa shape index (κ2) is 6.84. The van der Waals surface area contributed by atoms with Crippen molar-refractivity contribution < 1.29 is 12.9 Å². The van der Waals surface area contributed by atoms with Gasteiger partial charge in [0.05, 0.1) is 11.8 Å². The largest absolute Gasteiger partial charge is 0.361 e. The second-order valence-corrected chi connectivity index (χ2v) is 7.90. The Labute approximate surface area is 137 Å². The van der Waals surface area contributed by atoms with Gasteiger partial charge in [0.2, 0.25) is 10.0 Å². The van der Waals surface area contributed by atoms with Crippen molar-refractivity contribution >= 4 is 10.0 Å².